The van der Waals surface area contributed by atoms with Crippen molar-refractivity contribution in [1.82, 2.24) is 0 Å². The summed E-state index contributed by atoms with van der Waals surface area (Å²) in [5.74, 6) is -0.192. The smallest absolute Gasteiger partial charge is 0.123 e. The van der Waals surface area contributed by atoms with Crippen molar-refractivity contribution in [2.24, 2.45) is 5.73 Å². The third-order valence-electron chi connectivity index (χ3n) is 3.70. The van der Waals surface area contributed by atoms with Crippen molar-refractivity contribution in [3.8, 4) is 0 Å². The highest BCUT2D eigenvalue weighted by atomic mass is 19.1. The number of rotatable bonds is 5. The zero-order valence-corrected chi connectivity index (χ0v) is 12.4. The number of anilines is 1. The van der Waals surface area contributed by atoms with Gasteiger partial charge in [0.2, 0.25) is 0 Å². The third-order valence-corrected chi connectivity index (χ3v) is 3.70. The molecule has 20 heavy (non-hydrogen) atoms. The van der Waals surface area contributed by atoms with Crippen LogP contribution in [-0.2, 0) is 11.2 Å². The van der Waals surface area contributed by atoms with Crippen LogP contribution in [0.3, 0.4) is 0 Å². The molecule has 0 aliphatic carbocycles. The zero-order chi connectivity index (χ0) is 14.5. The molecule has 0 bridgehead atoms. The van der Waals surface area contributed by atoms with Crippen LogP contribution in [0.5, 0.6) is 0 Å². The number of benzene rings is 1. The number of ether oxygens (including phenoxy) is 1. The average Bonchev–Trinajstić information content (AvgIpc) is 2.39. The Labute approximate surface area is 120 Å². The van der Waals surface area contributed by atoms with Crippen LogP contribution >= 0.6 is 0 Å². The molecule has 2 N–H and O–H groups in total. The summed E-state index contributed by atoms with van der Waals surface area (Å²) < 4.78 is 19.2. The molecule has 2 atom stereocenters. The van der Waals surface area contributed by atoms with E-state index in [1.807, 2.05) is 19.9 Å². The van der Waals surface area contributed by atoms with Crippen molar-refractivity contribution in [3.05, 3.63) is 29.6 Å². The van der Waals surface area contributed by atoms with Gasteiger partial charge in [0.05, 0.1) is 6.10 Å². The summed E-state index contributed by atoms with van der Waals surface area (Å²) in [6, 6.07) is 5.05. The topological polar surface area (TPSA) is 38.5 Å². The van der Waals surface area contributed by atoms with Crippen molar-refractivity contribution in [2.45, 2.75) is 45.3 Å². The van der Waals surface area contributed by atoms with E-state index in [0.717, 1.165) is 43.8 Å². The molecule has 1 aromatic rings. The maximum absolute atomic E-state index is 13.5. The minimum absolute atomic E-state index is 0.0306. The van der Waals surface area contributed by atoms with Gasteiger partial charge in [0, 0.05) is 31.4 Å². The van der Waals surface area contributed by atoms with Gasteiger partial charge in [-0.25, -0.2) is 4.39 Å². The summed E-state index contributed by atoms with van der Waals surface area (Å²) in [5.41, 5.74) is 7.98. The highest BCUT2D eigenvalue weighted by Gasteiger charge is 2.22. The van der Waals surface area contributed by atoms with Crippen molar-refractivity contribution >= 4 is 5.69 Å². The zero-order valence-electron chi connectivity index (χ0n) is 12.4. The summed E-state index contributed by atoms with van der Waals surface area (Å²) in [6.07, 6.45) is 3.19. The van der Waals surface area contributed by atoms with Crippen LogP contribution in [0.4, 0.5) is 10.1 Å². The Morgan fingerprint density at radius 3 is 3.00 bits per heavy atom. The van der Waals surface area contributed by atoms with E-state index in [9.17, 15) is 4.39 Å². The average molecular weight is 280 g/mol. The summed E-state index contributed by atoms with van der Waals surface area (Å²) in [6.45, 7) is 6.60. The fraction of sp³-hybridized carbons (Fsp3) is 0.625. The quantitative estimate of drug-likeness (QED) is 0.901. The molecular formula is C16H25FN2O. The van der Waals surface area contributed by atoms with Gasteiger partial charge in [-0.05, 0) is 56.9 Å². The minimum atomic E-state index is -0.192. The van der Waals surface area contributed by atoms with Gasteiger partial charge in [-0.1, -0.05) is 0 Å². The number of hydrogen-bond donors (Lipinski definition) is 1. The molecule has 1 aliphatic heterocycles. The Balaban J connectivity index is 2.18. The van der Waals surface area contributed by atoms with Crippen LogP contribution in [0, 0.1) is 5.82 Å². The maximum Gasteiger partial charge on any atom is 0.123 e. The molecule has 2 unspecified atom stereocenters. The van der Waals surface area contributed by atoms with E-state index in [1.165, 1.54) is 6.07 Å². The fourth-order valence-corrected chi connectivity index (χ4v) is 2.90. The van der Waals surface area contributed by atoms with Crippen LogP contribution in [0.15, 0.2) is 18.2 Å². The first kappa shape index (κ1) is 15.3. The predicted molar refractivity (Wildman–Crippen MR) is 80.6 cm³/mol. The molecule has 3 nitrogen and oxygen atoms in total. The summed E-state index contributed by atoms with van der Waals surface area (Å²) in [4.78, 5) is 2.31. The van der Waals surface area contributed by atoms with Gasteiger partial charge in [0.1, 0.15) is 5.82 Å². The van der Waals surface area contributed by atoms with E-state index in [1.54, 1.807) is 6.07 Å². The molecule has 1 aliphatic rings. The lowest BCUT2D eigenvalue weighted by Gasteiger charge is -2.35. The summed E-state index contributed by atoms with van der Waals surface area (Å²) in [7, 11) is 0. The van der Waals surface area contributed by atoms with Crippen molar-refractivity contribution in [1.29, 1.82) is 0 Å². The summed E-state index contributed by atoms with van der Waals surface area (Å²) in [5, 5.41) is 0. The molecule has 1 saturated heterocycles. The van der Waals surface area contributed by atoms with Gasteiger partial charge in [0.25, 0.3) is 0 Å². The van der Waals surface area contributed by atoms with Gasteiger partial charge in [-0.15, -0.1) is 0 Å². The molecule has 1 fully saturated rings. The maximum atomic E-state index is 13.5. The van der Waals surface area contributed by atoms with Gasteiger partial charge in [-0.3, -0.25) is 0 Å². The highest BCUT2D eigenvalue weighted by Crippen LogP contribution is 2.27. The molecule has 112 valence electrons. The standard InChI is InChI=1S/C16H25FN2O/c1-3-20-15-5-4-8-19(11-15)16-7-6-14(17)10-13(16)9-12(2)18/h6-7,10,12,15H,3-5,8-9,11,18H2,1-2H3. The minimum Gasteiger partial charge on any atom is -0.377 e. The van der Waals surface area contributed by atoms with E-state index in [0.29, 0.717) is 6.42 Å². The Hall–Kier alpha value is -1.13. The molecule has 1 heterocycles. The molecule has 0 spiro atoms. The monoisotopic (exact) mass is 280 g/mol. The lowest BCUT2D eigenvalue weighted by atomic mass is 10.0. The molecule has 0 aromatic heterocycles. The van der Waals surface area contributed by atoms with E-state index >= 15 is 0 Å². The second kappa shape index (κ2) is 7.04. The summed E-state index contributed by atoms with van der Waals surface area (Å²) >= 11 is 0. The molecule has 1 aromatic carbocycles. The number of nitrogens with zero attached hydrogens (tertiary/aromatic N) is 1. The van der Waals surface area contributed by atoms with E-state index in [-0.39, 0.29) is 18.0 Å². The molecular weight excluding hydrogens is 255 g/mol. The van der Waals surface area contributed by atoms with Crippen LogP contribution in [0.2, 0.25) is 0 Å². The molecule has 0 amide bonds. The molecule has 4 heteroatoms. The normalized spacial score (nSPS) is 21.0. The fourth-order valence-electron chi connectivity index (χ4n) is 2.90. The first-order chi connectivity index (χ1) is 9.60. The van der Waals surface area contributed by atoms with Crippen LogP contribution < -0.4 is 10.6 Å². The molecule has 0 radical (unpaired) electrons. The van der Waals surface area contributed by atoms with E-state index in [2.05, 4.69) is 4.90 Å². The van der Waals surface area contributed by atoms with E-state index in [4.69, 9.17) is 10.5 Å². The lowest BCUT2D eigenvalue weighted by molar-refractivity contribution is 0.0526. The van der Waals surface area contributed by atoms with Crippen molar-refractivity contribution in [3.63, 3.8) is 0 Å². The Bertz CT molecular complexity index is 434. The first-order valence-electron chi connectivity index (χ1n) is 7.50. The largest absolute Gasteiger partial charge is 0.377 e. The SMILES string of the molecule is CCOC1CCCN(c2ccc(F)cc2CC(C)N)C1. The van der Waals surface area contributed by atoms with Crippen LogP contribution in [0.25, 0.3) is 0 Å². The van der Waals surface area contributed by atoms with Gasteiger partial charge < -0.3 is 15.4 Å². The van der Waals surface area contributed by atoms with E-state index < -0.39 is 0 Å². The lowest BCUT2D eigenvalue weighted by Crippen LogP contribution is -2.40. The number of piperidine rings is 1. The Kier molecular flexibility index (Phi) is 5.38. The van der Waals surface area contributed by atoms with Crippen molar-refractivity contribution < 1.29 is 9.13 Å². The first-order valence-corrected chi connectivity index (χ1v) is 7.50. The second-order valence-electron chi connectivity index (χ2n) is 5.62. The second-order valence-corrected chi connectivity index (χ2v) is 5.62. The number of halogens is 1. The predicted octanol–water partition coefficient (Wildman–Crippen LogP) is 2.72. The molecule has 2 rings (SSSR count). The van der Waals surface area contributed by atoms with Gasteiger partial charge in [-0.2, -0.15) is 0 Å². The van der Waals surface area contributed by atoms with Crippen LogP contribution in [0.1, 0.15) is 32.3 Å². The highest BCUT2D eigenvalue weighted by molar-refractivity contribution is 5.54. The Morgan fingerprint density at radius 2 is 2.30 bits per heavy atom. The van der Waals surface area contributed by atoms with Crippen molar-refractivity contribution in [2.75, 3.05) is 24.6 Å². The number of hydrogen-bond acceptors (Lipinski definition) is 3. The molecule has 0 saturated carbocycles. The number of nitrogens with two attached hydrogens (primary N) is 1. The van der Waals surface area contributed by atoms with Crippen LogP contribution in [-0.4, -0.2) is 31.8 Å². The third kappa shape index (κ3) is 3.93. The van der Waals surface area contributed by atoms with Gasteiger partial charge >= 0.3 is 0 Å². The van der Waals surface area contributed by atoms with Gasteiger partial charge in [0.15, 0.2) is 0 Å². The Morgan fingerprint density at radius 1 is 1.50 bits per heavy atom.